The predicted molar refractivity (Wildman–Crippen MR) is 97.5 cm³/mol. The predicted octanol–water partition coefficient (Wildman–Crippen LogP) is 1.37. The molecular weight excluding hydrogens is 346 g/mol. The Kier molecular flexibility index (Phi) is 4.04. The summed E-state index contributed by atoms with van der Waals surface area (Å²) in [4.78, 5) is 19.2. The second kappa shape index (κ2) is 6.28. The molecule has 3 heterocycles. The van der Waals surface area contributed by atoms with Gasteiger partial charge >= 0.3 is 0 Å². The number of carbonyl (C=O) groups excluding carboxylic acids is 1. The Morgan fingerprint density at radius 2 is 2.00 bits per heavy atom. The molecule has 0 bridgehead atoms. The molecule has 2 fully saturated rings. The van der Waals surface area contributed by atoms with Crippen LogP contribution in [0.4, 0.5) is 5.82 Å². The van der Waals surface area contributed by atoms with Crippen LogP contribution in [0.2, 0.25) is 0 Å². The highest BCUT2D eigenvalue weighted by atomic mass is 16.5. The number of fused-ring (bicyclic) bond motifs is 1. The molecule has 2 saturated heterocycles. The molecule has 140 valence electrons. The number of amides is 1. The van der Waals surface area contributed by atoms with E-state index in [4.69, 9.17) is 10.5 Å². The Morgan fingerprint density at radius 3 is 2.63 bits per heavy atom. The number of nitriles is 1. The van der Waals surface area contributed by atoms with Gasteiger partial charge in [0.05, 0.1) is 18.9 Å². The molecule has 0 saturated carbocycles. The summed E-state index contributed by atoms with van der Waals surface area (Å²) in [6, 6.07) is 5.29. The van der Waals surface area contributed by atoms with Gasteiger partial charge in [-0.2, -0.15) is 5.26 Å². The van der Waals surface area contributed by atoms with Crippen molar-refractivity contribution in [2.45, 2.75) is 13.8 Å². The smallest absolute Gasteiger partial charge is 0.290 e. The molecule has 0 aliphatic carbocycles. The third-order valence-corrected chi connectivity index (χ3v) is 5.57. The van der Waals surface area contributed by atoms with Crippen LogP contribution in [0.25, 0.3) is 5.69 Å². The number of nitrogens with two attached hydrogens (primary N) is 1. The van der Waals surface area contributed by atoms with E-state index in [-0.39, 0.29) is 29.0 Å². The highest BCUT2D eigenvalue weighted by molar-refractivity contribution is 5.93. The molecular formula is C19H21N5O3. The Balaban J connectivity index is 1.82. The zero-order chi connectivity index (χ0) is 19.3. The summed E-state index contributed by atoms with van der Waals surface area (Å²) in [5.74, 6) is 0.707. The van der Waals surface area contributed by atoms with Gasteiger partial charge in [0.25, 0.3) is 5.91 Å². The quantitative estimate of drug-likeness (QED) is 0.828. The van der Waals surface area contributed by atoms with Crippen molar-refractivity contribution in [3.8, 4) is 17.5 Å². The molecule has 2 aromatic rings. The van der Waals surface area contributed by atoms with Crippen LogP contribution in [0.3, 0.4) is 0 Å². The maximum absolute atomic E-state index is 13.2. The van der Waals surface area contributed by atoms with E-state index in [1.165, 1.54) is 4.57 Å². The van der Waals surface area contributed by atoms with E-state index >= 15 is 0 Å². The van der Waals surface area contributed by atoms with Crippen molar-refractivity contribution in [1.29, 1.82) is 5.26 Å². The average molecular weight is 367 g/mol. The summed E-state index contributed by atoms with van der Waals surface area (Å²) in [5, 5.41) is 19.5. The van der Waals surface area contributed by atoms with Gasteiger partial charge in [-0.15, -0.1) is 0 Å². The van der Waals surface area contributed by atoms with Crippen LogP contribution in [0.1, 0.15) is 27.4 Å². The second-order valence-electron chi connectivity index (χ2n) is 7.26. The molecule has 4 rings (SSSR count). The molecule has 8 heteroatoms. The summed E-state index contributed by atoms with van der Waals surface area (Å²) >= 11 is 0. The largest absolute Gasteiger partial charge is 0.508 e. The lowest BCUT2D eigenvalue weighted by atomic mass is 10.0. The molecule has 2 aliphatic rings. The van der Waals surface area contributed by atoms with Crippen molar-refractivity contribution in [1.82, 2.24) is 14.5 Å². The van der Waals surface area contributed by atoms with Crippen molar-refractivity contribution in [2.75, 3.05) is 32.0 Å². The fraction of sp³-hybridized carbons (Fsp3) is 0.421. The lowest BCUT2D eigenvalue weighted by Crippen LogP contribution is -2.32. The molecule has 8 nitrogen and oxygen atoms in total. The van der Waals surface area contributed by atoms with Gasteiger partial charge in [-0.25, -0.2) is 4.98 Å². The lowest BCUT2D eigenvalue weighted by molar-refractivity contribution is 0.0737. The highest BCUT2D eigenvalue weighted by Gasteiger charge is 2.40. The number of aromatic hydroxyl groups is 1. The Labute approximate surface area is 156 Å². The van der Waals surface area contributed by atoms with Crippen LogP contribution < -0.4 is 5.73 Å². The van der Waals surface area contributed by atoms with E-state index in [0.717, 1.165) is 5.56 Å². The molecule has 3 N–H and O–H groups in total. The van der Waals surface area contributed by atoms with Crippen LogP contribution in [-0.4, -0.2) is 51.8 Å². The van der Waals surface area contributed by atoms with Gasteiger partial charge in [0, 0.05) is 30.5 Å². The molecule has 1 aromatic carbocycles. The minimum atomic E-state index is -0.264. The van der Waals surface area contributed by atoms with E-state index in [0.29, 0.717) is 49.4 Å². The Bertz CT molecular complexity index is 963. The summed E-state index contributed by atoms with van der Waals surface area (Å²) in [6.07, 6.45) is 0. The van der Waals surface area contributed by atoms with Gasteiger partial charge in [0.2, 0.25) is 5.82 Å². The fourth-order valence-electron chi connectivity index (χ4n) is 4.05. The van der Waals surface area contributed by atoms with E-state index in [2.05, 4.69) is 4.98 Å². The van der Waals surface area contributed by atoms with Crippen molar-refractivity contribution in [3.05, 3.63) is 34.8 Å². The lowest BCUT2D eigenvalue weighted by Gasteiger charge is -2.20. The highest BCUT2D eigenvalue weighted by Crippen LogP contribution is 2.33. The van der Waals surface area contributed by atoms with Gasteiger partial charge in [0.1, 0.15) is 17.6 Å². The zero-order valence-corrected chi connectivity index (χ0v) is 15.3. The summed E-state index contributed by atoms with van der Waals surface area (Å²) in [6.45, 7) is 6.15. The number of phenolic OH excluding ortho intramolecular Hbond substituents is 1. The van der Waals surface area contributed by atoms with Gasteiger partial charge in [-0.05, 0) is 25.5 Å². The molecule has 0 radical (unpaired) electrons. The molecule has 2 atom stereocenters. The third kappa shape index (κ3) is 2.62. The van der Waals surface area contributed by atoms with E-state index in [9.17, 15) is 15.2 Å². The first-order valence-electron chi connectivity index (χ1n) is 8.87. The van der Waals surface area contributed by atoms with Gasteiger partial charge < -0.3 is 20.5 Å². The van der Waals surface area contributed by atoms with Crippen molar-refractivity contribution < 1.29 is 14.6 Å². The van der Waals surface area contributed by atoms with Gasteiger partial charge in [-0.3, -0.25) is 9.36 Å². The fourth-order valence-corrected chi connectivity index (χ4v) is 4.05. The molecule has 2 unspecified atom stereocenters. The first-order valence-corrected chi connectivity index (χ1v) is 8.87. The molecule has 2 aliphatic heterocycles. The van der Waals surface area contributed by atoms with Crippen LogP contribution in [0, 0.1) is 37.0 Å². The second-order valence-corrected chi connectivity index (χ2v) is 7.26. The number of benzene rings is 1. The first kappa shape index (κ1) is 17.4. The van der Waals surface area contributed by atoms with E-state index < -0.39 is 0 Å². The number of aromatic nitrogens is 2. The van der Waals surface area contributed by atoms with Gasteiger partial charge in [0.15, 0.2) is 5.69 Å². The Hall–Kier alpha value is -3.05. The number of hydrogen-bond donors (Lipinski definition) is 2. The number of nitrogen functional groups attached to an aromatic ring is 1. The summed E-state index contributed by atoms with van der Waals surface area (Å²) < 4.78 is 6.97. The van der Waals surface area contributed by atoms with Crippen LogP contribution in [-0.2, 0) is 4.74 Å². The number of carbonyl (C=O) groups is 1. The molecule has 27 heavy (non-hydrogen) atoms. The molecule has 0 spiro atoms. The minimum absolute atomic E-state index is 0.00298. The normalized spacial score (nSPS) is 21.3. The zero-order valence-electron chi connectivity index (χ0n) is 15.3. The van der Waals surface area contributed by atoms with E-state index in [1.807, 2.05) is 13.0 Å². The topological polar surface area (TPSA) is 117 Å². The Morgan fingerprint density at radius 1 is 1.33 bits per heavy atom. The maximum atomic E-state index is 13.2. The molecule has 1 aromatic heterocycles. The summed E-state index contributed by atoms with van der Waals surface area (Å²) in [7, 11) is 0. The van der Waals surface area contributed by atoms with Crippen LogP contribution >= 0.6 is 0 Å². The van der Waals surface area contributed by atoms with E-state index in [1.54, 1.807) is 24.0 Å². The monoisotopic (exact) mass is 367 g/mol. The van der Waals surface area contributed by atoms with Crippen molar-refractivity contribution in [2.24, 2.45) is 11.8 Å². The number of anilines is 1. The van der Waals surface area contributed by atoms with Crippen LogP contribution in [0.15, 0.2) is 12.1 Å². The van der Waals surface area contributed by atoms with Crippen LogP contribution in [0.5, 0.6) is 5.75 Å². The third-order valence-electron chi connectivity index (χ3n) is 5.57. The number of aryl methyl sites for hydroxylation is 1. The van der Waals surface area contributed by atoms with Crippen molar-refractivity contribution >= 4 is 11.7 Å². The number of ether oxygens (including phenoxy) is 1. The number of phenols is 1. The number of rotatable bonds is 2. The SMILES string of the molecule is Cc1ccc(O)c(C)c1-n1c(C(=O)N2CC3COCC3C2)nc(C#N)c1N. The number of likely N-dealkylation sites (tertiary alicyclic amines) is 1. The first-order chi connectivity index (χ1) is 12.9. The van der Waals surface area contributed by atoms with Crippen molar-refractivity contribution in [3.63, 3.8) is 0 Å². The standard InChI is InChI=1S/C19H21N5O3/c1-10-3-4-15(25)11(2)16(10)24-17(21)14(5-20)22-18(24)19(26)23-6-12-8-27-9-13(12)7-23/h3-4,12-13,25H,6-9,21H2,1-2H3. The number of hydrogen-bond acceptors (Lipinski definition) is 6. The minimum Gasteiger partial charge on any atom is -0.508 e. The average Bonchev–Trinajstić information content (AvgIpc) is 3.32. The summed E-state index contributed by atoms with van der Waals surface area (Å²) in [5.41, 5.74) is 8.14. The van der Waals surface area contributed by atoms with Gasteiger partial charge in [-0.1, -0.05) is 6.07 Å². The number of imidazole rings is 1. The number of nitrogens with zero attached hydrogens (tertiary/aromatic N) is 4. The maximum Gasteiger partial charge on any atom is 0.290 e. The molecule has 1 amide bonds.